The normalized spacial score (nSPS) is 10.7. The summed E-state index contributed by atoms with van der Waals surface area (Å²) in [6.07, 6.45) is 0. The minimum Gasteiger partial charge on any atom is -0.494 e. The van der Waals surface area contributed by atoms with E-state index in [-0.39, 0.29) is 11.4 Å². The standard InChI is InChI=1S/C15H11NO2/c17-14-10-11-6-4-5-9-13(11)15(18)16(14)12-7-2-1-3-8-12/h1-10,18H. The van der Waals surface area contributed by atoms with Crippen molar-refractivity contribution in [2.75, 3.05) is 0 Å². The molecule has 0 fully saturated rings. The zero-order valence-electron chi connectivity index (χ0n) is 9.58. The van der Waals surface area contributed by atoms with Gasteiger partial charge in [-0.1, -0.05) is 36.4 Å². The second-order valence-corrected chi connectivity index (χ2v) is 4.06. The second-order valence-electron chi connectivity index (χ2n) is 4.06. The van der Waals surface area contributed by atoms with Gasteiger partial charge < -0.3 is 5.11 Å². The van der Waals surface area contributed by atoms with Crippen molar-refractivity contribution in [2.45, 2.75) is 0 Å². The van der Waals surface area contributed by atoms with Gasteiger partial charge in [0, 0.05) is 11.5 Å². The summed E-state index contributed by atoms with van der Waals surface area (Å²) in [5.41, 5.74) is 0.420. The molecule has 0 atom stereocenters. The molecular weight excluding hydrogens is 226 g/mol. The van der Waals surface area contributed by atoms with Gasteiger partial charge >= 0.3 is 0 Å². The summed E-state index contributed by atoms with van der Waals surface area (Å²) in [6.45, 7) is 0. The molecule has 0 spiro atoms. The lowest BCUT2D eigenvalue weighted by Gasteiger charge is -2.10. The molecule has 0 unspecified atom stereocenters. The summed E-state index contributed by atoms with van der Waals surface area (Å²) >= 11 is 0. The summed E-state index contributed by atoms with van der Waals surface area (Å²) in [4.78, 5) is 12.1. The molecule has 0 aliphatic heterocycles. The third kappa shape index (κ3) is 1.57. The molecule has 2 aromatic carbocycles. The number of rotatable bonds is 1. The number of hydrogen-bond acceptors (Lipinski definition) is 2. The quantitative estimate of drug-likeness (QED) is 0.707. The number of fused-ring (bicyclic) bond motifs is 1. The molecule has 0 bridgehead atoms. The van der Waals surface area contributed by atoms with Crippen molar-refractivity contribution in [3.63, 3.8) is 0 Å². The van der Waals surface area contributed by atoms with Crippen LogP contribution < -0.4 is 5.56 Å². The van der Waals surface area contributed by atoms with Crippen LogP contribution in [0.4, 0.5) is 0 Å². The summed E-state index contributed by atoms with van der Waals surface area (Å²) in [7, 11) is 0. The number of para-hydroxylation sites is 1. The van der Waals surface area contributed by atoms with E-state index in [1.165, 1.54) is 10.6 Å². The molecule has 0 saturated carbocycles. The van der Waals surface area contributed by atoms with Crippen LogP contribution in [0.3, 0.4) is 0 Å². The van der Waals surface area contributed by atoms with Crippen molar-refractivity contribution < 1.29 is 5.11 Å². The maximum absolute atomic E-state index is 12.1. The van der Waals surface area contributed by atoms with Crippen LogP contribution in [0.5, 0.6) is 5.88 Å². The average molecular weight is 237 g/mol. The SMILES string of the molecule is O=c1cc2ccccc2c(O)n1-c1ccccc1. The molecule has 1 aromatic heterocycles. The van der Waals surface area contributed by atoms with Crippen molar-refractivity contribution in [1.29, 1.82) is 0 Å². The van der Waals surface area contributed by atoms with Gasteiger partial charge in [-0.05, 0) is 23.6 Å². The van der Waals surface area contributed by atoms with E-state index in [4.69, 9.17) is 0 Å². The molecule has 3 aromatic rings. The van der Waals surface area contributed by atoms with Crippen LogP contribution in [-0.4, -0.2) is 9.67 Å². The van der Waals surface area contributed by atoms with Gasteiger partial charge in [0.25, 0.3) is 5.56 Å². The zero-order chi connectivity index (χ0) is 12.5. The van der Waals surface area contributed by atoms with Gasteiger partial charge in [-0.15, -0.1) is 0 Å². The van der Waals surface area contributed by atoms with Gasteiger partial charge in [0.2, 0.25) is 5.88 Å². The Hall–Kier alpha value is -2.55. The summed E-state index contributed by atoms with van der Waals surface area (Å²) < 4.78 is 1.31. The Balaban J connectivity index is 2.41. The third-order valence-electron chi connectivity index (χ3n) is 2.93. The van der Waals surface area contributed by atoms with Crippen LogP contribution in [0.2, 0.25) is 0 Å². The van der Waals surface area contributed by atoms with E-state index in [1.54, 1.807) is 18.2 Å². The Kier molecular flexibility index (Phi) is 2.38. The van der Waals surface area contributed by atoms with Crippen LogP contribution in [0.15, 0.2) is 65.5 Å². The maximum atomic E-state index is 12.1. The van der Waals surface area contributed by atoms with Crippen LogP contribution in [0.1, 0.15) is 0 Å². The van der Waals surface area contributed by atoms with E-state index in [0.717, 1.165) is 5.39 Å². The second kappa shape index (κ2) is 4.04. The molecule has 0 aliphatic carbocycles. The van der Waals surface area contributed by atoms with E-state index < -0.39 is 0 Å². The lowest BCUT2D eigenvalue weighted by Crippen LogP contribution is -2.17. The number of aromatic nitrogens is 1. The summed E-state index contributed by atoms with van der Waals surface area (Å²) in [5.74, 6) is -0.0238. The van der Waals surface area contributed by atoms with Crippen LogP contribution in [-0.2, 0) is 0 Å². The fourth-order valence-corrected chi connectivity index (χ4v) is 2.08. The Morgan fingerprint density at radius 3 is 2.33 bits per heavy atom. The number of benzene rings is 2. The molecule has 1 N–H and O–H groups in total. The lowest BCUT2D eigenvalue weighted by molar-refractivity contribution is 0.443. The molecule has 0 amide bonds. The molecule has 3 heteroatoms. The van der Waals surface area contributed by atoms with Crippen LogP contribution >= 0.6 is 0 Å². The fourth-order valence-electron chi connectivity index (χ4n) is 2.08. The highest BCUT2D eigenvalue weighted by Crippen LogP contribution is 2.24. The molecule has 0 aliphatic rings. The van der Waals surface area contributed by atoms with Crippen molar-refractivity contribution in [2.24, 2.45) is 0 Å². The van der Waals surface area contributed by atoms with E-state index in [1.807, 2.05) is 36.4 Å². The minimum absolute atomic E-state index is 0.0238. The molecule has 88 valence electrons. The first kappa shape index (κ1) is 10.6. The molecule has 0 saturated heterocycles. The fraction of sp³-hybridized carbons (Fsp3) is 0. The van der Waals surface area contributed by atoms with E-state index in [9.17, 15) is 9.90 Å². The highest BCUT2D eigenvalue weighted by Gasteiger charge is 2.09. The van der Waals surface area contributed by atoms with Gasteiger partial charge in [-0.25, -0.2) is 4.57 Å². The van der Waals surface area contributed by atoms with Gasteiger partial charge in [-0.3, -0.25) is 4.79 Å². The van der Waals surface area contributed by atoms with E-state index in [2.05, 4.69) is 0 Å². The van der Waals surface area contributed by atoms with Gasteiger partial charge in [0.15, 0.2) is 0 Å². The number of aromatic hydroxyl groups is 1. The van der Waals surface area contributed by atoms with Crippen LogP contribution in [0, 0.1) is 0 Å². The Morgan fingerprint density at radius 2 is 1.56 bits per heavy atom. The highest BCUT2D eigenvalue weighted by atomic mass is 16.3. The topological polar surface area (TPSA) is 42.2 Å². The van der Waals surface area contributed by atoms with Gasteiger partial charge in [-0.2, -0.15) is 0 Å². The molecule has 3 rings (SSSR count). The highest BCUT2D eigenvalue weighted by molar-refractivity contribution is 5.87. The van der Waals surface area contributed by atoms with Gasteiger partial charge in [0.1, 0.15) is 0 Å². The maximum Gasteiger partial charge on any atom is 0.258 e. The molecule has 18 heavy (non-hydrogen) atoms. The smallest absolute Gasteiger partial charge is 0.258 e. The summed E-state index contributed by atoms with van der Waals surface area (Å²) in [6, 6.07) is 17.9. The molecule has 0 radical (unpaired) electrons. The number of pyridine rings is 1. The molecule has 1 heterocycles. The zero-order valence-corrected chi connectivity index (χ0v) is 9.58. The monoisotopic (exact) mass is 237 g/mol. The van der Waals surface area contributed by atoms with E-state index >= 15 is 0 Å². The third-order valence-corrected chi connectivity index (χ3v) is 2.93. The van der Waals surface area contributed by atoms with Crippen LogP contribution in [0.25, 0.3) is 16.5 Å². The number of hydrogen-bond donors (Lipinski definition) is 1. The Morgan fingerprint density at radius 1 is 0.889 bits per heavy atom. The first-order valence-electron chi connectivity index (χ1n) is 5.66. The number of nitrogens with zero attached hydrogens (tertiary/aromatic N) is 1. The van der Waals surface area contributed by atoms with E-state index in [0.29, 0.717) is 11.1 Å². The van der Waals surface area contributed by atoms with Crippen molar-refractivity contribution >= 4 is 10.8 Å². The van der Waals surface area contributed by atoms with Crippen molar-refractivity contribution in [3.05, 3.63) is 71.0 Å². The van der Waals surface area contributed by atoms with Gasteiger partial charge in [0.05, 0.1) is 5.69 Å². The molecular formula is C15H11NO2. The molecule has 3 nitrogen and oxygen atoms in total. The lowest BCUT2D eigenvalue weighted by atomic mass is 10.1. The van der Waals surface area contributed by atoms with Crippen molar-refractivity contribution in [1.82, 2.24) is 4.57 Å². The predicted octanol–water partition coefficient (Wildman–Crippen LogP) is 2.70. The average Bonchev–Trinajstić information content (AvgIpc) is 2.40. The summed E-state index contributed by atoms with van der Waals surface area (Å²) in [5, 5.41) is 11.7. The first-order chi connectivity index (χ1) is 8.77. The Bertz CT molecular complexity index is 760. The minimum atomic E-state index is -0.239. The predicted molar refractivity (Wildman–Crippen MR) is 71.2 cm³/mol. The largest absolute Gasteiger partial charge is 0.494 e. The Labute approximate surface area is 104 Å². The van der Waals surface area contributed by atoms with Crippen molar-refractivity contribution in [3.8, 4) is 11.6 Å². The first-order valence-corrected chi connectivity index (χ1v) is 5.66.